The molecule has 0 saturated carbocycles. The molecule has 0 radical (unpaired) electrons. The van der Waals surface area contributed by atoms with Crippen LogP contribution in [-0.2, 0) is 13.2 Å². The summed E-state index contributed by atoms with van der Waals surface area (Å²) in [6, 6.07) is 37.9. The molecule has 6 rings (SSSR count). The largest absolute Gasteiger partial charge is 0.490 e. The zero-order chi connectivity index (χ0) is 33.8. The van der Waals surface area contributed by atoms with Crippen molar-refractivity contribution in [3.05, 3.63) is 154 Å². The van der Waals surface area contributed by atoms with E-state index < -0.39 is 0 Å². The molecular formula is C39H33ClN4O4S. The molecule has 0 atom stereocenters. The Balaban J connectivity index is 1.03. The van der Waals surface area contributed by atoms with Gasteiger partial charge in [-0.3, -0.25) is 4.79 Å². The average molecular weight is 689 g/mol. The van der Waals surface area contributed by atoms with Crippen molar-refractivity contribution in [1.29, 1.82) is 0 Å². The van der Waals surface area contributed by atoms with E-state index in [1.165, 1.54) is 11.3 Å². The third-order valence-corrected chi connectivity index (χ3v) is 8.28. The Morgan fingerprint density at radius 3 is 2.33 bits per heavy atom. The number of amides is 1. The summed E-state index contributed by atoms with van der Waals surface area (Å²) in [6.45, 7) is 3.20. The third kappa shape index (κ3) is 9.25. The van der Waals surface area contributed by atoms with Gasteiger partial charge in [0.05, 0.1) is 18.5 Å². The average Bonchev–Trinajstić information content (AvgIpc) is 3.61. The summed E-state index contributed by atoms with van der Waals surface area (Å²) >= 11 is 7.47. The first-order chi connectivity index (χ1) is 24.0. The number of rotatable bonds is 14. The Morgan fingerprint density at radius 2 is 1.53 bits per heavy atom. The second-order valence-electron chi connectivity index (χ2n) is 10.8. The first-order valence-electron chi connectivity index (χ1n) is 15.6. The highest BCUT2D eigenvalue weighted by molar-refractivity contribution is 7.14. The van der Waals surface area contributed by atoms with E-state index in [0.29, 0.717) is 47.7 Å². The number of benzene rings is 5. The first-order valence-corrected chi connectivity index (χ1v) is 16.9. The fraction of sp³-hybridized carbons (Fsp3) is 0.103. The summed E-state index contributed by atoms with van der Waals surface area (Å²) in [5.74, 6) is 1.63. The Morgan fingerprint density at radius 1 is 0.796 bits per heavy atom. The maximum atomic E-state index is 12.8. The topological polar surface area (TPSA) is 94.1 Å². The van der Waals surface area contributed by atoms with Gasteiger partial charge in [0.25, 0.3) is 5.91 Å². The summed E-state index contributed by atoms with van der Waals surface area (Å²) < 4.78 is 18.0. The lowest BCUT2D eigenvalue weighted by Gasteiger charge is -2.14. The molecule has 10 heteroatoms. The fourth-order valence-corrected chi connectivity index (χ4v) is 5.65. The van der Waals surface area contributed by atoms with Gasteiger partial charge < -0.3 is 19.5 Å². The van der Waals surface area contributed by atoms with Crippen LogP contribution in [0.2, 0.25) is 5.02 Å². The lowest BCUT2D eigenvalue weighted by atomic mass is 10.1. The van der Waals surface area contributed by atoms with Crippen LogP contribution >= 0.6 is 22.9 Å². The van der Waals surface area contributed by atoms with E-state index in [9.17, 15) is 4.79 Å². The lowest BCUT2D eigenvalue weighted by molar-refractivity contribution is 0.0955. The van der Waals surface area contributed by atoms with Crippen molar-refractivity contribution >= 4 is 45.9 Å². The standard InChI is InChI=1S/C39H33ClN4O4S/c1-2-46-37-22-28(12-21-36(37)48-24-27-8-4-3-5-9-27)25-47-35-11-7-6-10-31(35)23-41-44-38(45)30-15-13-29(14-16-30)34-26-49-39(43-34)42-33-19-17-32(40)18-20-33/h3-23,26H,2,24-25H2,1H3,(H,42,43)(H,44,45)/b41-23-. The molecule has 1 aromatic heterocycles. The number of para-hydroxylation sites is 1. The quantitative estimate of drug-likeness (QED) is 0.0875. The third-order valence-electron chi connectivity index (χ3n) is 7.27. The predicted octanol–water partition coefficient (Wildman–Crippen LogP) is 9.53. The molecule has 2 N–H and O–H groups in total. The van der Waals surface area contributed by atoms with Crippen molar-refractivity contribution in [1.82, 2.24) is 10.4 Å². The first kappa shape index (κ1) is 33.3. The van der Waals surface area contributed by atoms with Gasteiger partial charge in [0.15, 0.2) is 16.6 Å². The lowest BCUT2D eigenvalue weighted by Crippen LogP contribution is -2.17. The van der Waals surface area contributed by atoms with E-state index in [1.54, 1.807) is 18.3 Å². The van der Waals surface area contributed by atoms with Crippen molar-refractivity contribution < 1.29 is 19.0 Å². The minimum Gasteiger partial charge on any atom is -0.490 e. The molecule has 0 aliphatic heterocycles. The van der Waals surface area contributed by atoms with Crippen LogP contribution in [-0.4, -0.2) is 23.7 Å². The SMILES string of the molecule is CCOc1cc(COc2ccccc2/C=N\NC(=O)c2ccc(-c3csc(Nc4ccc(Cl)cc4)n3)cc2)ccc1OCc1ccccc1. The van der Waals surface area contributed by atoms with Crippen LogP contribution in [0.3, 0.4) is 0 Å². The van der Waals surface area contributed by atoms with Crippen molar-refractivity contribution in [2.24, 2.45) is 5.10 Å². The second kappa shape index (κ2) is 16.5. The van der Waals surface area contributed by atoms with Crippen molar-refractivity contribution in [3.8, 4) is 28.5 Å². The molecule has 5 aromatic carbocycles. The Bertz CT molecular complexity index is 2020. The van der Waals surface area contributed by atoms with Crippen LogP contribution in [0.4, 0.5) is 10.8 Å². The molecule has 1 heterocycles. The number of ether oxygens (including phenoxy) is 3. The minimum atomic E-state index is -0.331. The van der Waals surface area contributed by atoms with Gasteiger partial charge in [-0.25, -0.2) is 10.4 Å². The van der Waals surface area contributed by atoms with Crippen LogP contribution in [0, 0.1) is 0 Å². The number of carbonyl (C=O) groups is 1. The number of thiazole rings is 1. The molecule has 0 fully saturated rings. The second-order valence-corrected chi connectivity index (χ2v) is 12.1. The van der Waals surface area contributed by atoms with Crippen LogP contribution in [0.15, 0.2) is 132 Å². The van der Waals surface area contributed by atoms with Crippen molar-refractivity contribution in [2.75, 3.05) is 11.9 Å². The van der Waals surface area contributed by atoms with Crippen molar-refractivity contribution in [3.63, 3.8) is 0 Å². The molecular weight excluding hydrogens is 656 g/mol. The molecule has 0 saturated heterocycles. The predicted molar refractivity (Wildman–Crippen MR) is 197 cm³/mol. The number of halogens is 1. The number of nitrogens with zero attached hydrogens (tertiary/aromatic N) is 2. The minimum absolute atomic E-state index is 0.306. The van der Waals surface area contributed by atoms with E-state index in [2.05, 4.69) is 20.8 Å². The van der Waals surface area contributed by atoms with Gasteiger partial charge in [-0.05, 0) is 78.7 Å². The smallest absolute Gasteiger partial charge is 0.271 e. The maximum Gasteiger partial charge on any atom is 0.271 e. The van der Waals surface area contributed by atoms with Gasteiger partial charge in [-0.1, -0.05) is 72.3 Å². The van der Waals surface area contributed by atoms with E-state index in [-0.39, 0.29) is 5.91 Å². The molecule has 6 aromatic rings. The van der Waals surface area contributed by atoms with Gasteiger partial charge >= 0.3 is 0 Å². The summed E-state index contributed by atoms with van der Waals surface area (Å²) in [5, 5.41) is 10.9. The van der Waals surface area contributed by atoms with E-state index >= 15 is 0 Å². The number of hydrogen-bond acceptors (Lipinski definition) is 8. The van der Waals surface area contributed by atoms with E-state index in [4.69, 9.17) is 25.8 Å². The summed E-state index contributed by atoms with van der Waals surface area (Å²) in [4.78, 5) is 17.5. The van der Waals surface area contributed by atoms with Gasteiger partial charge in [0, 0.05) is 32.8 Å². The van der Waals surface area contributed by atoms with E-state index in [0.717, 1.165) is 38.8 Å². The zero-order valence-corrected chi connectivity index (χ0v) is 28.2. The molecule has 0 spiro atoms. The van der Waals surface area contributed by atoms with Gasteiger partial charge in [0.2, 0.25) is 0 Å². The highest BCUT2D eigenvalue weighted by Gasteiger charge is 2.11. The summed E-state index contributed by atoms with van der Waals surface area (Å²) in [5.41, 5.74) is 8.41. The Labute approximate surface area is 294 Å². The molecule has 1 amide bonds. The van der Waals surface area contributed by atoms with Crippen LogP contribution < -0.4 is 25.0 Å². The highest BCUT2D eigenvalue weighted by Crippen LogP contribution is 2.31. The Hall–Kier alpha value is -5.64. The van der Waals surface area contributed by atoms with Crippen molar-refractivity contribution in [2.45, 2.75) is 20.1 Å². The summed E-state index contributed by atoms with van der Waals surface area (Å²) in [6.07, 6.45) is 1.57. The van der Waals surface area contributed by atoms with Crippen LogP contribution in [0.25, 0.3) is 11.3 Å². The fourth-order valence-electron chi connectivity index (χ4n) is 4.78. The summed E-state index contributed by atoms with van der Waals surface area (Å²) in [7, 11) is 0. The molecule has 0 unspecified atom stereocenters. The van der Waals surface area contributed by atoms with Gasteiger partial charge in [-0.15, -0.1) is 11.3 Å². The van der Waals surface area contributed by atoms with E-state index in [1.807, 2.05) is 121 Å². The molecule has 8 nitrogen and oxygen atoms in total. The molecule has 0 bridgehead atoms. The number of hydrazone groups is 1. The number of hydrogen-bond donors (Lipinski definition) is 2. The highest BCUT2D eigenvalue weighted by atomic mass is 35.5. The molecule has 0 aliphatic rings. The van der Waals surface area contributed by atoms with Crippen LogP contribution in [0.1, 0.15) is 34.0 Å². The normalized spacial score (nSPS) is 10.9. The number of carbonyl (C=O) groups excluding carboxylic acids is 1. The molecule has 246 valence electrons. The number of anilines is 2. The van der Waals surface area contributed by atoms with Crippen LogP contribution in [0.5, 0.6) is 17.2 Å². The van der Waals surface area contributed by atoms with Gasteiger partial charge in [0.1, 0.15) is 19.0 Å². The number of aromatic nitrogens is 1. The molecule has 0 aliphatic carbocycles. The van der Waals surface area contributed by atoms with Gasteiger partial charge in [-0.2, -0.15) is 5.10 Å². The number of nitrogens with one attached hydrogen (secondary N) is 2. The zero-order valence-electron chi connectivity index (χ0n) is 26.6. The monoisotopic (exact) mass is 688 g/mol. The molecule has 49 heavy (non-hydrogen) atoms. The Kier molecular flexibility index (Phi) is 11.2. The maximum absolute atomic E-state index is 12.8.